The van der Waals surface area contributed by atoms with E-state index in [4.69, 9.17) is 9.47 Å². The Hall–Kier alpha value is -3.93. The third-order valence-electron chi connectivity index (χ3n) is 5.49. The summed E-state index contributed by atoms with van der Waals surface area (Å²) < 4.78 is 10.8. The smallest absolute Gasteiger partial charge is 0.310 e. The standard InChI is InChI=1S/C27H25NO5/c1-4-8-18-9-7-10-19-16-21(32-5-2)24-25(23(18)19)27(31)28(26(24)30)20-13-11-17(12-14-20)15-22(29)33-6-3/h4,7-14,16H,5-6,15H2,1-3H3. The Kier molecular flexibility index (Phi) is 6.27. The molecule has 1 heterocycles. The summed E-state index contributed by atoms with van der Waals surface area (Å²) in [6, 6.07) is 14.4. The second kappa shape index (κ2) is 9.28. The van der Waals surface area contributed by atoms with E-state index >= 15 is 0 Å². The third-order valence-corrected chi connectivity index (χ3v) is 5.49. The van der Waals surface area contributed by atoms with Gasteiger partial charge in [-0.25, -0.2) is 4.90 Å². The maximum atomic E-state index is 13.6. The van der Waals surface area contributed by atoms with Crippen LogP contribution in [0.15, 0.2) is 54.6 Å². The van der Waals surface area contributed by atoms with Gasteiger partial charge in [-0.15, -0.1) is 0 Å². The van der Waals surface area contributed by atoms with Crippen LogP contribution in [0.2, 0.25) is 0 Å². The largest absolute Gasteiger partial charge is 0.493 e. The van der Waals surface area contributed by atoms with Gasteiger partial charge in [-0.3, -0.25) is 14.4 Å². The number of amides is 2. The fraction of sp³-hybridized carbons (Fsp3) is 0.222. The Morgan fingerprint density at radius 2 is 1.70 bits per heavy atom. The maximum absolute atomic E-state index is 13.6. The molecular weight excluding hydrogens is 418 g/mol. The molecule has 0 bridgehead atoms. The molecule has 0 aliphatic carbocycles. The topological polar surface area (TPSA) is 72.9 Å². The van der Waals surface area contributed by atoms with Crippen LogP contribution in [0.5, 0.6) is 5.75 Å². The fourth-order valence-corrected chi connectivity index (χ4v) is 4.17. The number of imide groups is 1. The van der Waals surface area contributed by atoms with Crippen LogP contribution in [0, 0.1) is 0 Å². The Morgan fingerprint density at radius 1 is 0.970 bits per heavy atom. The molecule has 6 nitrogen and oxygen atoms in total. The first kappa shape index (κ1) is 22.3. The quantitative estimate of drug-likeness (QED) is 0.372. The molecule has 0 N–H and O–H groups in total. The first-order valence-corrected chi connectivity index (χ1v) is 11.0. The van der Waals surface area contributed by atoms with Gasteiger partial charge in [0.25, 0.3) is 11.8 Å². The van der Waals surface area contributed by atoms with Gasteiger partial charge >= 0.3 is 5.97 Å². The van der Waals surface area contributed by atoms with Gasteiger partial charge in [-0.05, 0) is 55.5 Å². The van der Waals surface area contributed by atoms with Crippen LogP contribution in [-0.4, -0.2) is 31.0 Å². The van der Waals surface area contributed by atoms with Gasteiger partial charge < -0.3 is 9.47 Å². The van der Waals surface area contributed by atoms with Gasteiger partial charge in [0.2, 0.25) is 0 Å². The van der Waals surface area contributed by atoms with Crippen LogP contribution in [0.25, 0.3) is 16.8 Å². The number of nitrogens with zero attached hydrogens (tertiary/aromatic N) is 1. The maximum Gasteiger partial charge on any atom is 0.310 e. The zero-order chi connectivity index (χ0) is 23.5. The lowest BCUT2D eigenvalue weighted by molar-refractivity contribution is -0.142. The van der Waals surface area contributed by atoms with Crippen molar-refractivity contribution in [2.45, 2.75) is 27.2 Å². The predicted octanol–water partition coefficient (Wildman–Crippen LogP) is 5.18. The molecule has 1 aliphatic heterocycles. The summed E-state index contributed by atoms with van der Waals surface area (Å²) in [5.41, 5.74) is 2.67. The molecule has 0 fully saturated rings. The summed E-state index contributed by atoms with van der Waals surface area (Å²) in [4.78, 5) is 40.1. The molecule has 6 heteroatoms. The monoisotopic (exact) mass is 443 g/mol. The van der Waals surface area contributed by atoms with Gasteiger partial charge in [0.1, 0.15) is 5.75 Å². The minimum Gasteiger partial charge on any atom is -0.493 e. The first-order chi connectivity index (χ1) is 16.0. The van der Waals surface area contributed by atoms with Crippen LogP contribution in [0.4, 0.5) is 5.69 Å². The van der Waals surface area contributed by atoms with E-state index in [0.717, 1.165) is 21.9 Å². The van der Waals surface area contributed by atoms with E-state index in [1.165, 1.54) is 4.90 Å². The number of fused-ring (bicyclic) bond motifs is 3. The van der Waals surface area contributed by atoms with Gasteiger partial charge in [-0.1, -0.05) is 42.5 Å². The normalized spacial score (nSPS) is 13.1. The molecule has 0 spiro atoms. The molecule has 0 saturated carbocycles. The molecule has 0 atom stereocenters. The molecule has 4 rings (SSSR count). The number of benzene rings is 3. The number of ether oxygens (including phenoxy) is 2. The van der Waals surface area contributed by atoms with E-state index in [1.54, 1.807) is 31.2 Å². The average molecular weight is 443 g/mol. The number of esters is 1. The van der Waals surface area contributed by atoms with Gasteiger partial charge in [0.05, 0.1) is 36.4 Å². The van der Waals surface area contributed by atoms with Gasteiger partial charge in [0.15, 0.2) is 0 Å². The number of carbonyl (C=O) groups excluding carboxylic acids is 3. The number of allylic oxidation sites excluding steroid dienone is 1. The average Bonchev–Trinajstić information content (AvgIpc) is 3.06. The minimum absolute atomic E-state index is 0.127. The molecule has 0 radical (unpaired) electrons. The molecule has 2 amide bonds. The highest BCUT2D eigenvalue weighted by Crippen LogP contribution is 2.40. The van der Waals surface area contributed by atoms with E-state index in [-0.39, 0.29) is 18.0 Å². The number of hydrogen-bond acceptors (Lipinski definition) is 5. The summed E-state index contributed by atoms with van der Waals surface area (Å²) in [6.45, 7) is 6.19. The Bertz CT molecular complexity index is 1270. The van der Waals surface area contributed by atoms with E-state index < -0.39 is 11.8 Å². The Balaban J connectivity index is 1.81. The van der Waals surface area contributed by atoms with Crippen molar-refractivity contribution in [2.24, 2.45) is 0 Å². The molecule has 0 unspecified atom stereocenters. The van der Waals surface area contributed by atoms with Gasteiger partial charge in [0, 0.05) is 5.39 Å². The zero-order valence-corrected chi connectivity index (χ0v) is 18.9. The molecule has 0 aromatic heterocycles. The van der Waals surface area contributed by atoms with Crippen LogP contribution >= 0.6 is 0 Å². The molecule has 3 aromatic carbocycles. The molecule has 33 heavy (non-hydrogen) atoms. The first-order valence-electron chi connectivity index (χ1n) is 11.0. The van der Waals surface area contributed by atoms with Crippen LogP contribution in [0.1, 0.15) is 52.6 Å². The highest BCUT2D eigenvalue weighted by molar-refractivity contribution is 6.39. The van der Waals surface area contributed by atoms with Crippen molar-refractivity contribution in [1.82, 2.24) is 0 Å². The van der Waals surface area contributed by atoms with Crippen molar-refractivity contribution in [1.29, 1.82) is 0 Å². The lowest BCUT2D eigenvalue weighted by Crippen LogP contribution is -2.29. The highest BCUT2D eigenvalue weighted by Gasteiger charge is 2.41. The molecule has 1 aliphatic rings. The summed E-state index contributed by atoms with van der Waals surface area (Å²) in [6.07, 6.45) is 3.95. The van der Waals surface area contributed by atoms with Crippen molar-refractivity contribution >= 4 is 40.3 Å². The van der Waals surface area contributed by atoms with Crippen molar-refractivity contribution < 1.29 is 23.9 Å². The van der Waals surface area contributed by atoms with E-state index in [9.17, 15) is 14.4 Å². The number of rotatable bonds is 7. The highest BCUT2D eigenvalue weighted by atomic mass is 16.5. The van der Waals surface area contributed by atoms with E-state index in [2.05, 4.69) is 0 Å². The zero-order valence-electron chi connectivity index (χ0n) is 18.9. The number of anilines is 1. The molecule has 0 saturated heterocycles. The number of hydrogen-bond donors (Lipinski definition) is 0. The van der Waals surface area contributed by atoms with Crippen LogP contribution < -0.4 is 9.64 Å². The second-order valence-corrected chi connectivity index (χ2v) is 7.60. The van der Waals surface area contributed by atoms with Crippen molar-refractivity contribution in [3.63, 3.8) is 0 Å². The Labute approximate surface area is 192 Å². The summed E-state index contributed by atoms with van der Waals surface area (Å²) >= 11 is 0. The molecule has 3 aromatic rings. The summed E-state index contributed by atoms with van der Waals surface area (Å²) in [7, 11) is 0. The van der Waals surface area contributed by atoms with Crippen molar-refractivity contribution in [3.05, 3.63) is 76.9 Å². The van der Waals surface area contributed by atoms with Crippen LogP contribution in [-0.2, 0) is 16.0 Å². The molecular formula is C27H25NO5. The van der Waals surface area contributed by atoms with E-state index in [0.29, 0.717) is 30.2 Å². The summed E-state index contributed by atoms with van der Waals surface area (Å²) in [5, 5.41) is 1.56. The fourth-order valence-electron chi connectivity index (χ4n) is 4.17. The molecule has 168 valence electrons. The lowest BCUT2D eigenvalue weighted by atomic mass is 9.95. The lowest BCUT2D eigenvalue weighted by Gasteiger charge is -2.14. The van der Waals surface area contributed by atoms with Crippen LogP contribution in [0.3, 0.4) is 0 Å². The Morgan fingerprint density at radius 3 is 2.36 bits per heavy atom. The second-order valence-electron chi connectivity index (χ2n) is 7.60. The summed E-state index contributed by atoms with van der Waals surface area (Å²) in [5.74, 6) is -0.738. The third kappa shape index (κ3) is 4.00. The van der Waals surface area contributed by atoms with Crippen molar-refractivity contribution in [2.75, 3.05) is 18.1 Å². The number of carbonyl (C=O) groups is 3. The SMILES string of the molecule is CC=Cc1cccc2cc(OCC)c3c(c12)C(=O)N(c1ccc(CC(=O)OCC)cc1)C3=O. The minimum atomic E-state index is -0.422. The predicted molar refractivity (Wildman–Crippen MR) is 128 cm³/mol. The van der Waals surface area contributed by atoms with E-state index in [1.807, 2.05) is 50.3 Å². The van der Waals surface area contributed by atoms with Gasteiger partial charge in [-0.2, -0.15) is 0 Å². The van der Waals surface area contributed by atoms with Crippen molar-refractivity contribution in [3.8, 4) is 5.75 Å².